The zero-order valence-corrected chi connectivity index (χ0v) is 6.72. The molecule has 0 aromatic heterocycles. The van der Waals surface area contributed by atoms with Gasteiger partial charge in [-0.25, -0.2) is 0 Å². The highest BCUT2D eigenvalue weighted by Gasteiger charge is 2.17. The van der Waals surface area contributed by atoms with E-state index in [2.05, 4.69) is 12.6 Å². The molecule has 58 valence electrons. The second kappa shape index (κ2) is 4.77. The van der Waals surface area contributed by atoms with Crippen molar-refractivity contribution in [2.75, 3.05) is 25.6 Å². The van der Waals surface area contributed by atoms with E-state index in [0.29, 0.717) is 12.7 Å². The van der Waals surface area contributed by atoms with Crippen LogP contribution in [0.1, 0.15) is 0 Å². The largest absolute Gasteiger partial charge is 0.376 e. The molecule has 1 aliphatic rings. The van der Waals surface area contributed by atoms with E-state index < -0.39 is 0 Å². The molecule has 1 aliphatic heterocycles. The molecule has 0 atom stereocenters. The summed E-state index contributed by atoms with van der Waals surface area (Å²) in [4.78, 5) is 0. The molecular weight excluding hydrogens is 148 g/mol. The van der Waals surface area contributed by atoms with Gasteiger partial charge in [-0.05, 0) is 0 Å². The van der Waals surface area contributed by atoms with Gasteiger partial charge in [0.25, 0.3) is 0 Å². The highest BCUT2D eigenvalue weighted by molar-refractivity contribution is 7.80. The average molecular weight is 160 g/mol. The first-order chi connectivity index (χ1) is 4.93. The molecule has 0 unspecified atom stereocenters. The number of hydrogen-bond donors (Lipinski definition) is 1. The number of hydrogen-bond acceptors (Lipinski definition) is 3. The smallest absolute Gasteiger partial charge is 0.104 e. The molecule has 0 amide bonds. The van der Waals surface area contributed by atoms with Crippen LogP contribution < -0.4 is 0 Å². The lowest BCUT2D eigenvalue weighted by Gasteiger charge is -2.25. The Morgan fingerprint density at radius 1 is 1.50 bits per heavy atom. The van der Waals surface area contributed by atoms with Crippen molar-refractivity contribution in [3.63, 3.8) is 0 Å². The van der Waals surface area contributed by atoms with Crippen LogP contribution in [-0.2, 0) is 9.47 Å². The third-order valence-electron chi connectivity index (χ3n) is 1.31. The maximum Gasteiger partial charge on any atom is 0.104 e. The van der Waals surface area contributed by atoms with Gasteiger partial charge in [-0.2, -0.15) is 12.6 Å². The van der Waals surface area contributed by atoms with Crippen molar-refractivity contribution in [3.05, 3.63) is 12.2 Å². The molecule has 3 heteroatoms. The van der Waals surface area contributed by atoms with Crippen LogP contribution in [0.25, 0.3) is 0 Å². The van der Waals surface area contributed by atoms with Gasteiger partial charge in [0.2, 0.25) is 0 Å². The summed E-state index contributed by atoms with van der Waals surface area (Å²) in [6.45, 7) is 2.21. The molecule has 0 N–H and O–H groups in total. The Balaban J connectivity index is 1.89. The van der Waals surface area contributed by atoms with E-state index in [0.717, 1.165) is 19.0 Å². The normalized spacial score (nSPS) is 19.7. The van der Waals surface area contributed by atoms with Crippen LogP contribution in [0.5, 0.6) is 0 Å². The number of rotatable bonds is 4. The molecular formula is C7H12O2S. The van der Waals surface area contributed by atoms with Crippen LogP contribution in [0.3, 0.4) is 0 Å². The highest BCUT2D eigenvalue weighted by atomic mass is 32.1. The number of thiol groups is 1. The molecule has 0 bridgehead atoms. The summed E-state index contributed by atoms with van der Waals surface area (Å²) in [7, 11) is 0. The van der Waals surface area contributed by atoms with Crippen LogP contribution in [0.4, 0.5) is 0 Å². The Bertz CT molecular complexity index is 110. The molecule has 0 saturated carbocycles. The quantitative estimate of drug-likeness (QED) is 0.486. The van der Waals surface area contributed by atoms with E-state index in [1.165, 1.54) is 0 Å². The summed E-state index contributed by atoms with van der Waals surface area (Å²) in [5, 5.41) is 0. The monoisotopic (exact) mass is 160 g/mol. The van der Waals surface area contributed by atoms with Crippen LogP contribution in [0.15, 0.2) is 12.2 Å². The fourth-order valence-electron chi connectivity index (χ4n) is 0.645. The summed E-state index contributed by atoms with van der Waals surface area (Å²) in [5.74, 6) is 0.782. The van der Waals surface area contributed by atoms with Crippen LogP contribution in [0.2, 0.25) is 0 Å². The predicted octanol–water partition coefficient (Wildman–Crippen LogP) is 0.888. The van der Waals surface area contributed by atoms with E-state index >= 15 is 0 Å². The molecule has 0 aromatic carbocycles. The lowest BCUT2D eigenvalue weighted by molar-refractivity contribution is -0.122. The standard InChI is InChI=1S/C7H12O2S/c10-4-2-1-3-9-7-5-8-6-7/h1-2,7,10H,3-6H2/b2-1+. The maximum atomic E-state index is 5.33. The van der Waals surface area contributed by atoms with Crippen molar-refractivity contribution in [1.29, 1.82) is 0 Å². The van der Waals surface area contributed by atoms with Crippen LogP contribution >= 0.6 is 12.6 Å². The van der Waals surface area contributed by atoms with Gasteiger partial charge >= 0.3 is 0 Å². The zero-order chi connectivity index (χ0) is 7.23. The Kier molecular flexibility index (Phi) is 3.87. The molecule has 0 spiro atoms. The van der Waals surface area contributed by atoms with Gasteiger partial charge in [-0.15, -0.1) is 0 Å². The average Bonchev–Trinajstić information content (AvgIpc) is 1.84. The van der Waals surface area contributed by atoms with E-state index in [-0.39, 0.29) is 0 Å². The predicted molar refractivity (Wildman–Crippen MR) is 43.6 cm³/mol. The molecule has 2 nitrogen and oxygen atoms in total. The van der Waals surface area contributed by atoms with E-state index in [1.54, 1.807) is 0 Å². The van der Waals surface area contributed by atoms with Crippen LogP contribution in [-0.4, -0.2) is 31.7 Å². The first-order valence-corrected chi connectivity index (χ1v) is 4.02. The van der Waals surface area contributed by atoms with Crippen molar-refractivity contribution in [3.8, 4) is 0 Å². The van der Waals surface area contributed by atoms with Gasteiger partial charge in [-0.1, -0.05) is 12.2 Å². The van der Waals surface area contributed by atoms with E-state index in [9.17, 15) is 0 Å². The van der Waals surface area contributed by atoms with Crippen molar-refractivity contribution in [1.82, 2.24) is 0 Å². The van der Waals surface area contributed by atoms with Gasteiger partial charge in [-0.3, -0.25) is 0 Å². The first-order valence-electron chi connectivity index (χ1n) is 3.38. The van der Waals surface area contributed by atoms with E-state index in [4.69, 9.17) is 9.47 Å². The summed E-state index contributed by atoms with van der Waals surface area (Å²) in [5.41, 5.74) is 0. The minimum Gasteiger partial charge on any atom is -0.376 e. The fourth-order valence-corrected chi connectivity index (χ4v) is 0.794. The van der Waals surface area contributed by atoms with Crippen molar-refractivity contribution >= 4 is 12.6 Å². The topological polar surface area (TPSA) is 18.5 Å². The Morgan fingerprint density at radius 2 is 2.30 bits per heavy atom. The summed E-state index contributed by atoms with van der Waals surface area (Å²) < 4.78 is 10.3. The Labute approximate surface area is 66.6 Å². The summed E-state index contributed by atoms with van der Waals surface area (Å²) in [6, 6.07) is 0. The van der Waals surface area contributed by atoms with Crippen molar-refractivity contribution < 1.29 is 9.47 Å². The van der Waals surface area contributed by atoms with Gasteiger partial charge in [0.15, 0.2) is 0 Å². The van der Waals surface area contributed by atoms with Gasteiger partial charge in [0.05, 0.1) is 19.8 Å². The minimum absolute atomic E-state index is 0.338. The summed E-state index contributed by atoms with van der Waals surface area (Å²) in [6.07, 6.45) is 4.29. The molecule has 1 saturated heterocycles. The minimum atomic E-state index is 0.338. The first kappa shape index (κ1) is 8.11. The molecule has 0 aliphatic carbocycles. The SMILES string of the molecule is SC/C=C/COC1COC1. The van der Waals surface area contributed by atoms with Crippen molar-refractivity contribution in [2.45, 2.75) is 6.10 Å². The lowest BCUT2D eigenvalue weighted by Crippen LogP contribution is -2.36. The second-order valence-corrected chi connectivity index (χ2v) is 2.51. The third kappa shape index (κ3) is 2.73. The molecule has 10 heavy (non-hydrogen) atoms. The highest BCUT2D eigenvalue weighted by Crippen LogP contribution is 2.04. The van der Waals surface area contributed by atoms with Crippen molar-refractivity contribution in [2.24, 2.45) is 0 Å². The Morgan fingerprint density at radius 3 is 2.80 bits per heavy atom. The number of ether oxygens (including phenoxy) is 2. The van der Waals surface area contributed by atoms with E-state index in [1.807, 2.05) is 12.2 Å². The zero-order valence-electron chi connectivity index (χ0n) is 5.82. The second-order valence-electron chi connectivity index (χ2n) is 2.15. The van der Waals surface area contributed by atoms with Gasteiger partial charge in [0.1, 0.15) is 6.10 Å². The maximum absolute atomic E-state index is 5.33. The Hall–Kier alpha value is 0.01000. The molecule has 1 heterocycles. The van der Waals surface area contributed by atoms with Gasteiger partial charge < -0.3 is 9.47 Å². The van der Waals surface area contributed by atoms with Crippen LogP contribution in [0, 0.1) is 0 Å². The molecule has 0 aromatic rings. The molecule has 1 rings (SSSR count). The molecule has 0 radical (unpaired) electrons. The summed E-state index contributed by atoms with van der Waals surface area (Å²) >= 11 is 4.02. The molecule has 1 fully saturated rings. The fraction of sp³-hybridized carbons (Fsp3) is 0.714. The lowest BCUT2D eigenvalue weighted by atomic mass is 10.3. The van der Waals surface area contributed by atoms with Gasteiger partial charge in [0, 0.05) is 5.75 Å². The third-order valence-corrected chi connectivity index (χ3v) is 1.52.